The van der Waals surface area contributed by atoms with Gasteiger partial charge in [0.2, 0.25) is 5.91 Å². The van der Waals surface area contributed by atoms with Gasteiger partial charge in [-0.25, -0.2) is 4.99 Å². The van der Waals surface area contributed by atoms with E-state index in [1.807, 2.05) is 0 Å². The molecule has 0 aromatic heterocycles. The lowest BCUT2D eigenvalue weighted by Crippen LogP contribution is -2.45. The molecule has 19 heavy (non-hydrogen) atoms. The highest BCUT2D eigenvalue weighted by atomic mass is 32.2. The number of imide groups is 1. The molecule has 1 N–H and O–H groups in total. The quantitative estimate of drug-likeness (QED) is 0.792. The van der Waals surface area contributed by atoms with E-state index in [0.717, 1.165) is 17.3 Å². The van der Waals surface area contributed by atoms with E-state index in [0.29, 0.717) is 24.8 Å². The molecule has 0 saturated carbocycles. The highest BCUT2D eigenvalue weighted by molar-refractivity contribution is 8.14. The molecule has 0 bridgehead atoms. The Morgan fingerprint density at radius 3 is 2.89 bits per heavy atom. The van der Waals surface area contributed by atoms with Crippen molar-refractivity contribution in [1.29, 1.82) is 0 Å². The number of likely N-dealkylation sites (tertiary alicyclic amines) is 1. The van der Waals surface area contributed by atoms with Gasteiger partial charge in [-0.15, -0.1) is 0 Å². The molecule has 2 fully saturated rings. The molecule has 2 unspecified atom stereocenters. The third-order valence-electron chi connectivity index (χ3n) is 3.40. The normalized spacial score (nSPS) is 30.3. The van der Waals surface area contributed by atoms with Crippen molar-refractivity contribution in [2.24, 2.45) is 10.9 Å². The highest BCUT2D eigenvalue weighted by Crippen LogP contribution is 2.22. The van der Waals surface area contributed by atoms with E-state index in [9.17, 15) is 9.59 Å². The number of nitrogens with one attached hydrogen (secondary N) is 1. The largest absolute Gasteiger partial charge is 0.361 e. The summed E-state index contributed by atoms with van der Waals surface area (Å²) in [6, 6.07) is 0.0531. The molecule has 0 aromatic carbocycles. The lowest BCUT2D eigenvalue weighted by molar-refractivity contribution is -0.147. The first-order chi connectivity index (χ1) is 8.97. The number of carbonyl (C=O) groups excluding carboxylic acids is 2. The minimum absolute atomic E-state index is 0.105. The average Bonchev–Trinajstić information content (AvgIpc) is 2.76. The van der Waals surface area contributed by atoms with Crippen LogP contribution >= 0.6 is 11.8 Å². The number of amides is 2. The molecule has 2 amide bonds. The Hall–Kier alpha value is -1.04. The fraction of sp³-hybridized carbons (Fsp3) is 0.769. The summed E-state index contributed by atoms with van der Waals surface area (Å²) >= 11 is 1.67. The van der Waals surface area contributed by atoms with E-state index in [1.165, 1.54) is 11.9 Å². The van der Waals surface area contributed by atoms with Crippen molar-refractivity contribution >= 4 is 28.7 Å². The molecule has 0 aromatic rings. The lowest BCUT2D eigenvalue weighted by atomic mass is 10.1. The molecule has 2 rings (SSSR count). The van der Waals surface area contributed by atoms with Crippen LogP contribution in [0.5, 0.6) is 0 Å². The van der Waals surface area contributed by atoms with Gasteiger partial charge in [-0.2, -0.15) is 0 Å². The molecule has 2 aliphatic rings. The first-order valence-electron chi connectivity index (χ1n) is 6.75. The number of hydrogen-bond donors (Lipinski definition) is 1. The van der Waals surface area contributed by atoms with Crippen LogP contribution < -0.4 is 5.32 Å². The SMILES string of the molecule is CC(C)CC1CSC(=NC2CCC(=O)N(C)C2=O)N1. The van der Waals surface area contributed by atoms with Crippen molar-refractivity contribution in [3.05, 3.63) is 0 Å². The second kappa shape index (κ2) is 5.94. The summed E-state index contributed by atoms with van der Waals surface area (Å²) in [4.78, 5) is 29.0. The number of likely N-dealkylation sites (N-methyl/N-ethyl adjacent to an activating group) is 1. The Morgan fingerprint density at radius 1 is 1.47 bits per heavy atom. The van der Waals surface area contributed by atoms with Gasteiger partial charge in [-0.1, -0.05) is 25.6 Å². The van der Waals surface area contributed by atoms with Crippen molar-refractivity contribution in [3.8, 4) is 0 Å². The highest BCUT2D eigenvalue weighted by Gasteiger charge is 2.32. The molecular weight excluding hydrogens is 262 g/mol. The zero-order valence-electron chi connectivity index (χ0n) is 11.7. The predicted octanol–water partition coefficient (Wildman–Crippen LogP) is 1.24. The van der Waals surface area contributed by atoms with Crippen LogP contribution in [0.15, 0.2) is 4.99 Å². The molecule has 5 nitrogen and oxygen atoms in total. The standard InChI is InChI=1S/C13H21N3O2S/c1-8(2)6-9-7-19-13(14-9)15-10-4-5-11(17)16(3)12(10)18/h8-10H,4-7H2,1-3H3,(H,14,15). The summed E-state index contributed by atoms with van der Waals surface area (Å²) in [6.07, 6.45) is 2.05. The van der Waals surface area contributed by atoms with Crippen LogP contribution in [0.3, 0.4) is 0 Å². The minimum Gasteiger partial charge on any atom is -0.361 e. The third kappa shape index (κ3) is 3.49. The van der Waals surface area contributed by atoms with Gasteiger partial charge < -0.3 is 5.32 Å². The lowest BCUT2D eigenvalue weighted by Gasteiger charge is -2.25. The Labute approximate surface area is 118 Å². The number of hydrogen-bond acceptors (Lipinski definition) is 4. The van der Waals surface area contributed by atoms with Crippen molar-refractivity contribution in [2.45, 2.75) is 45.2 Å². The fourth-order valence-electron chi connectivity index (χ4n) is 2.37. The van der Waals surface area contributed by atoms with Crippen LogP contribution in [-0.2, 0) is 9.59 Å². The zero-order valence-corrected chi connectivity index (χ0v) is 12.5. The van der Waals surface area contributed by atoms with E-state index in [-0.39, 0.29) is 11.8 Å². The van der Waals surface area contributed by atoms with Gasteiger partial charge in [0.1, 0.15) is 6.04 Å². The van der Waals surface area contributed by atoms with Gasteiger partial charge in [0.15, 0.2) is 5.17 Å². The summed E-state index contributed by atoms with van der Waals surface area (Å²) in [5.74, 6) is 1.37. The smallest absolute Gasteiger partial charge is 0.253 e. The average molecular weight is 283 g/mol. The van der Waals surface area contributed by atoms with Crippen LogP contribution in [-0.4, -0.2) is 46.8 Å². The van der Waals surface area contributed by atoms with Crippen LogP contribution in [0.4, 0.5) is 0 Å². The van der Waals surface area contributed by atoms with Crippen molar-refractivity contribution in [1.82, 2.24) is 10.2 Å². The van der Waals surface area contributed by atoms with Crippen molar-refractivity contribution < 1.29 is 9.59 Å². The second-order valence-corrected chi connectivity index (χ2v) is 6.57. The Kier molecular flexibility index (Phi) is 4.50. The van der Waals surface area contributed by atoms with Gasteiger partial charge in [0.05, 0.1) is 0 Å². The van der Waals surface area contributed by atoms with Gasteiger partial charge in [-0.05, 0) is 18.8 Å². The van der Waals surface area contributed by atoms with Crippen molar-refractivity contribution in [3.63, 3.8) is 0 Å². The minimum atomic E-state index is -0.393. The maximum absolute atomic E-state index is 11.9. The molecule has 0 spiro atoms. The summed E-state index contributed by atoms with van der Waals surface area (Å²) in [5, 5.41) is 4.23. The molecular formula is C13H21N3O2S. The van der Waals surface area contributed by atoms with Gasteiger partial charge in [0.25, 0.3) is 5.91 Å². The monoisotopic (exact) mass is 283 g/mol. The molecule has 2 aliphatic heterocycles. The number of nitrogens with zero attached hydrogens (tertiary/aromatic N) is 2. The zero-order chi connectivity index (χ0) is 14.0. The number of piperidine rings is 1. The maximum Gasteiger partial charge on any atom is 0.253 e. The van der Waals surface area contributed by atoms with E-state index < -0.39 is 6.04 Å². The number of amidine groups is 1. The number of aliphatic imine (C=N–C) groups is 1. The van der Waals surface area contributed by atoms with Gasteiger partial charge >= 0.3 is 0 Å². The summed E-state index contributed by atoms with van der Waals surface area (Å²) in [5.41, 5.74) is 0. The molecule has 0 aliphatic carbocycles. The molecule has 2 saturated heterocycles. The number of rotatable bonds is 3. The molecule has 0 radical (unpaired) electrons. The summed E-state index contributed by atoms with van der Waals surface area (Å²) in [6.45, 7) is 4.40. The van der Waals surface area contributed by atoms with Crippen molar-refractivity contribution in [2.75, 3.05) is 12.8 Å². The predicted molar refractivity (Wildman–Crippen MR) is 77.1 cm³/mol. The molecule has 106 valence electrons. The Bertz CT molecular complexity index is 409. The molecule has 6 heteroatoms. The number of thioether (sulfide) groups is 1. The molecule has 2 atom stereocenters. The first kappa shape index (κ1) is 14.4. The van der Waals surface area contributed by atoms with E-state index in [4.69, 9.17) is 0 Å². The maximum atomic E-state index is 11.9. The Morgan fingerprint density at radius 2 is 2.21 bits per heavy atom. The van der Waals surface area contributed by atoms with E-state index in [2.05, 4.69) is 24.2 Å². The van der Waals surface area contributed by atoms with Crippen LogP contribution in [0.1, 0.15) is 33.1 Å². The van der Waals surface area contributed by atoms with E-state index >= 15 is 0 Å². The van der Waals surface area contributed by atoms with Gasteiger partial charge in [0, 0.05) is 25.3 Å². The molecule has 2 heterocycles. The summed E-state index contributed by atoms with van der Waals surface area (Å²) in [7, 11) is 1.54. The second-order valence-electron chi connectivity index (χ2n) is 5.56. The van der Waals surface area contributed by atoms with Crippen LogP contribution in [0.2, 0.25) is 0 Å². The van der Waals surface area contributed by atoms with Gasteiger partial charge in [-0.3, -0.25) is 14.5 Å². The first-order valence-corrected chi connectivity index (χ1v) is 7.73. The topological polar surface area (TPSA) is 61.8 Å². The Balaban J connectivity index is 1.95. The number of carbonyl (C=O) groups is 2. The third-order valence-corrected chi connectivity index (χ3v) is 4.46. The van der Waals surface area contributed by atoms with Crippen LogP contribution in [0.25, 0.3) is 0 Å². The fourth-order valence-corrected chi connectivity index (χ4v) is 3.40. The van der Waals surface area contributed by atoms with Crippen LogP contribution in [0, 0.1) is 5.92 Å². The van der Waals surface area contributed by atoms with E-state index in [1.54, 1.807) is 11.8 Å². The summed E-state index contributed by atoms with van der Waals surface area (Å²) < 4.78 is 0.